The van der Waals surface area contributed by atoms with Crippen molar-refractivity contribution in [2.45, 2.75) is 32.2 Å². The minimum atomic E-state index is -0.850. The fraction of sp³-hybridized carbons (Fsp3) is 0.231. The molecule has 7 heteroatoms. The number of hydrogen-bond donors (Lipinski definition) is 1. The molecule has 0 bridgehead atoms. The van der Waals surface area contributed by atoms with Crippen molar-refractivity contribution < 1.29 is 23.8 Å². The molecule has 1 aliphatic heterocycles. The fourth-order valence-corrected chi connectivity index (χ4v) is 4.67. The molecule has 33 heavy (non-hydrogen) atoms. The highest BCUT2D eigenvalue weighted by atomic mass is 32.1. The lowest BCUT2D eigenvalue weighted by molar-refractivity contribution is -0.132. The molecule has 1 aliphatic rings. The van der Waals surface area contributed by atoms with Gasteiger partial charge in [0.25, 0.3) is 11.7 Å². The maximum Gasteiger partial charge on any atom is 0.300 e. The Morgan fingerprint density at radius 2 is 1.88 bits per heavy atom. The molecule has 1 N–H and O–H groups in total. The first-order valence-corrected chi connectivity index (χ1v) is 11.7. The van der Waals surface area contributed by atoms with Crippen LogP contribution in [-0.4, -0.2) is 23.4 Å². The minimum absolute atomic E-state index is 0.0247. The summed E-state index contributed by atoms with van der Waals surface area (Å²) in [5, 5.41) is 12.9. The van der Waals surface area contributed by atoms with Crippen LogP contribution in [-0.2, 0) is 9.59 Å². The summed E-state index contributed by atoms with van der Waals surface area (Å²) in [6.07, 6.45) is 3.16. The van der Waals surface area contributed by atoms with Crippen LogP contribution in [0.3, 0.4) is 0 Å². The number of aliphatic hydroxyl groups is 1. The van der Waals surface area contributed by atoms with E-state index in [1.165, 1.54) is 34.4 Å². The predicted molar refractivity (Wildman–Crippen MR) is 127 cm³/mol. The second-order valence-electron chi connectivity index (χ2n) is 7.74. The van der Waals surface area contributed by atoms with Crippen molar-refractivity contribution in [1.82, 2.24) is 0 Å². The zero-order valence-corrected chi connectivity index (χ0v) is 19.0. The van der Waals surface area contributed by atoms with Crippen molar-refractivity contribution >= 4 is 34.5 Å². The zero-order valence-electron chi connectivity index (χ0n) is 18.2. The van der Waals surface area contributed by atoms with Gasteiger partial charge in [0, 0.05) is 16.1 Å². The van der Waals surface area contributed by atoms with E-state index in [-0.39, 0.29) is 17.0 Å². The Bertz CT molecular complexity index is 1170. The fourth-order valence-electron chi connectivity index (χ4n) is 3.85. The van der Waals surface area contributed by atoms with Crippen LogP contribution in [0.2, 0.25) is 0 Å². The van der Waals surface area contributed by atoms with Crippen molar-refractivity contribution in [1.29, 1.82) is 0 Å². The molecule has 1 atom stereocenters. The number of ketones is 1. The monoisotopic (exact) mass is 465 g/mol. The summed E-state index contributed by atoms with van der Waals surface area (Å²) in [4.78, 5) is 28.0. The van der Waals surface area contributed by atoms with Gasteiger partial charge in [0.15, 0.2) is 0 Å². The normalized spacial score (nSPS) is 17.5. The molecule has 1 saturated heterocycles. The summed E-state index contributed by atoms with van der Waals surface area (Å²) in [5.41, 5.74) is 0.628. The van der Waals surface area contributed by atoms with Crippen LogP contribution >= 0.6 is 11.3 Å². The second kappa shape index (κ2) is 10.0. The number of nitrogens with zero attached hydrogens (tertiary/aromatic N) is 1. The van der Waals surface area contributed by atoms with Gasteiger partial charge in [-0.25, -0.2) is 4.39 Å². The third-order valence-electron chi connectivity index (χ3n) is 5.49. The molecule has 1 fully saturated rings. The van der Waals surface area contributed by atoms with E-state index in [0.717, 1.165) is 19.3 Å². The second-order valence-corrected chi connectivity index (χ2v) is 8.72. The van der Waals surface area contributed by atoms with Gasteiger partial charge >= 0.3 is 0 Å². The van der Waals surface area contributed by atoms with E-state index in [4.69, 9.17) is 4.74 Å². The molecule has 0 radical (unpaired) electrons. The Kier molecular flexibility index (Phi) is 6.89. The number of unbranched alkanes of at least 4 members (excludes halogenated alkanes) is 2. The number of thiophene rings is 1. The SMILES string of the molecule is CCCCCOc1ccc(/C(O)=C2/C(=O)C(=O)N(c3cccc(F)c3)C2c2cccs2)cc1. The highest BCUT2D eigenvalue weighted by Crippen LogP contribution is 2.43. The standard InChI is InChI=1S/C26H24FNO4S/c1-2-3-4-14-32-20-12-10-17(11-13-20)24(29)22-23(21-9-6-15-33-21)28(26(31)25(22)30)19-8-5-7-18(27)16-19/h5-13,15-16,23,29H,2-4,14H2,1H3/b24-22-. The first-order chi connectivity index (χ1) is 16.0. The average molecular weight is 466 g/mol. The van der Waals surface area contributed by atoms with Gasteiger partial charge in [-0.05, 0) is 60.3 Å². The number of rotatable bonds is 8. The predicted octanol–water partition coefficient (Wildman–Crippen LogP) is 6.08. The smallest absolute Gasteiger partial charge is 0.300 e. The number of aliphatic hydroxyl groups excluding tert-OH is 1. The number of ether oxygens (including phenoxy) is 1. The molecule has 2 aromatic carbocycles. The van der Waals surface area contributed by atoms with Gasteiger partial charge < -0.3 is 9.84 Å². The Labute approximate surface area is 195 Å². The minimum Gasteiger partial charge on any atom is -0.507 e. The van der Waals surface area contributed by atoms with Crippen molar-refractivity contribution in [3.05, 3.63) is 87.9 Å². The molecule has 2 heterocycles. The van der Waals surface area contributed by atoms with Crippen LogP contribution in [0.5, 0.6) is 5.75 Å². The molecule has 0 spiro atoms. The Morgan fingerprint density at radius 3 is 2.55 bits per heavy atom. The molecule has 1 unspecified atom stereocenters. The van der Waals surface area contributed by atoms with Gasteiger partial charge in [-0.3, -0.25) is 14.5 Å². The maximum absolute atomic E-state index is 13.9. The van der Waals surface area contributed by atoms with Crippen molar-refractivity contribution in [3.63, 3.8) is 0 Å². The number of halogens is 1. The van der Waals surface area contributed by atoms with E-state index in [0.29, 0.717) is 22.8 Å². The highest BCUT2D eigenvalue weighted by Gasteiger charge is 2.47. The highest BCUT2D eigenvalue weighted by molar-refractivity contribution is 7.10. The summed E-state index contributed by atoms with van der Waals surface area (Å²) in [6.45, 7) is 2.73. The third-order valence-corrected chi connectivity index (χ3v) is 6.41. The van der Waals surface area contributed by atoms with Gasteiger partial charge in [0.2, 0.25) is 0 Å². The van der Waals surface area contributed by atoms with Gasteiger partial charge in [0.1, 0.15) is 23.4 Å². The first-order valence-electron chi connectivity index (χ1n) is 10.8. The van der Waals surface area contributed by atoms with Crippen molar-refractivity contribution in [2.75, 3.05) is 11.5 Å². The van der Waals surface area contributed by atoms with E-state index < -0.39 is 23.5 Å². The number of hydrogen-bond acceptors (Lipinski definition) is 5. The van der Waals surface area contributed by atoms with Gasteiger partial charge in [-0.1, -0.05) is 31.9 Å². The summed E-state index contributed by atoms with van der Waals surface area (Å²) < 4.78 is 19.6. The Morgan fingerprint density at radius 1 is 1.09 bits per heavy atom. The molecule has 5 nitrogen and oxygen atoms in total. The maximum atomic E-state index is 13.9. The lowest BCUT2D eigenvalue weighted by Crippen LogP contribution is -2.29. The molecular weight excluding hydrogens is 441 g/mol. The number of benzene rings is 2. The Hall–Kier alpha value is -3.45. The topological polar surface area (TPSA) is 66.8 Å². The van der Waals surface area contributed by atoms with Crippen LogP contribution < -0.4 is 9.64 Å². The van der Waals surface area contributed by atoms with E-state index in [1.807, 2.05) is 5.38 Å². The summed E-state index contributed by atoms with van der Waals surface area (Å²) in [5.74, 6) is -1.75. The summed E-state index contributed by atoms with van der Waals surface area (Å²) in [6, 6.07) is 15.0. The van der Waals surface area contributed by atoms with Crippen LogP contribution in [0, 0.1) is 5.82 Å². The van der Waals surface area contributed by atoms with E-state index in [1.54, 1.807) is 42.5 Å². The van der Waals surface area contributed by atoms with Gasteiger partial charge in [-0.2, -0.15) is 0 Å². The van der Waals surface area contributed by atoms with E-state index >= 15 is 0 Å². The molecule has 0 saturated carbocycles. The summed E-state index contributed by atoms with van der Waals surface area (Å²) in [7, 11) is 0. The summed E-state index contributed by atoms with van der Waals surface area (Å²) >= 11 is 1.35. The average Bonchev–Trinajstić information content (AvgIpc) is 3.44. The van der Waals surface area contributed by atoms with Crippen LogP contribution in [0.25, 0.3) is 5.76 Å². The molecular formula is C26H24FNO4S. The van der Waals surface area contributed by atoms with Crippen LogP contribution in [0.1, 0.15) is 42.7 Å². The van der Waals surface area contributed by atoms with Gasteiger partial charge in [0.05, 0.1) is 12.2 Å². The number of Topliss-reactive ketones (excluding diaryl/α,β-unsaturated/α-hetero) is 1. The molecule has 3 aromatic rings. The molecule has 0 aliphatic carbocycles. The van der Waals surface area contributed by atoms with Crippen molar-refractivity contribution in [2.24, 2.45) is 0 Å². The molecule has 4 rings (SSSR count). The van der Waals surface area contributed by atoms with E-state index in [2.05, 4.69) is 6.92 Å². The Balaban J connectivity index is 1.71. The zero-order chi connectivity index (χ0) is 23.4. The van der Waals surface area contributed by atoms with Gasteiger partial charge in [-0.15, -0.1) is 11.3 Å². The van der Waals surface area contributed by atoms with Crippen LogP contribution in [0.4, 0.5) is 10.1 Å². The molecule has 170 valence electrons. The quantitative estimate of drug-likeness (QED) is 0.189. The number of carbonyl (C=O) groups is 2. The van der Waals surface area contributed by atoms with Crippen LogP contribution in [0.15, 0.2) is 71.6 Å². The van der Waals surface area contributed by atoms with Crippen molar-refractivity contribution in [3.8, 4) is 5.75 Å². The number of carbonyl (C=O) groups excluding carboxylic acids is 2. The number of anilines is 1. The number of amides is 1. The lowest BCUT2D eigenvalue weighted by atomic mass is 9.99. The largest absolute Gasteiger partial charge is 0.507 e. The van der Waals surface area contributed by atoms with E-state index in [9.17, 15) is 19.1 Å². The first kappa shape index (κ1) is 22.7. The molecule has 1 aromatic heterocycles. The lowest BCUT2D eigenvalue weighted by Gasteiger charge is -2.24. The molecule has 1 amide bonds. The third kappa shape index (κ3) is 4.68.